The quantitative estimate of drug-likeness (QED) is 0.282. The van der Waals surface area contributed by atoms with Gasteiger partial charge in [0.1, 0.15) is 5.69 Å². The van der Waals surface area contributed by atoms with Gasteiger partial charge in [0, 0.05) is 53.3 Å². The predicted octanol–water partition coefficient (Wildman–Crippen LogP) is 5.68. The fourth-order valence-corrected chi connectivity index (χ4v) is 5.92. The van der Waals surface area contributed by atoms with Crippen LogP contribution in [0.1, 0.15) is 44.9 Å². The Bertz CT molecular complexity index is 1620. The lowest BCUT2D eigenvalue weighted by atomic mass is 10.1. The van der Waals surface area contributed by atoms with Gasteiger partial charge in [-0.3, -0.25) is 19.9 Å². The fourth-order valence-electron chi connectivity index (χ4n) is 5.92. The molecule has 1 saturated carbocycles. The number of amides is 1. The lowest BCUT2D eigenvalue weighted by Gasteiger charge is -2.28. The van der Waals surface area contributed by atoms with Gasteiger partial charge in [-0.1, -0.05) is 12.8 Å². The highest BCUT2D eigenvalue weighted by atomic mass is 16.1. The van der Waals surface area contributed by atoms with Gasteiger partial charge in [0.2, 0.25) is 5.91 Å². The molecule has 9 nitrogen and oxygen atoms in total. The third kappa shape index (κ3) is 4.17. The molecule has 38 heavy (non-hydrogen) atoms. The molecule has 7 rings (SSSR count). The summed E-state index contributed by atoms with van der Waals surface area (Å²) in [5.74, 6) is 0.191. The van der Waals surface area contributed by atoms with Gasteiger partial charge in [0.05, 0.1) is 41.2 Å². The van der Waals surface area contributed by atoms with Crippen LogP contribution in [-0.4, -0.2) is 49.1 Å². The molecule has 2 aliphatic rings. The van der Waals surface area contributed by atoms with Crippen LogP contribution in [0.25, 0.3) is 44.5 Å². The lowest BCUT2D eigenvalue weighted by molar-refractivity contribution is -0.119. The van der Waals surface area contributed by atoms with Crippen LogP contribution in [0.3, 0.4) is 0 Å². The highest BCUT2D eigenvalue weighted by Crippen LogP contribution is 2.35. The van der Waals surface area contributed by atoms with Crippen molar-refractivity contribution < 1.29 is 4.79 Å². The number of aromatic amines is 2. The minimum Gasteiger partial charge on any atom is -0.370 e. The van der Waals surface area contributed by atoms with Crippen molar-refractivity contribution in [1.82, 2.24) is 30.1 Å². The summed E-state index contributed by atoms with van der Waals surface area (Å²) < 4.78 is 0. The average molecular weight is 507 g/mol. The number of hydrogen-bond donors (Lipinski definition) is 3. The molecule has 1 aliphatic heterocycles. The van der Waals surface area contributed by atoms with Gasteiger partial charge in [-0.2, -0.15) is 5.10 Å². The number of anilines is 2. The molecule has 3 N–H and O–H groups in total. The highest BCUT2D eigenvalue weighted by molar-refractivity contribution is 5.99. The molecule has 6 heterocycles. The third-order valence-electron chi connectivity index (χ3n) is 7.96. The number of carbonyl (C=O) groups excluding carboxylic acids is 1. The number of H-pyrrole nitrogens is 2. The standard InChI is InChI=1S/C29H30N8O/c38-29(18-6-2-3-7-18)33-21-10-19(13-30-15-21)20-11-23-27(35-36-28(23)32-14-20)24-12-22-25(34-24)16-31-17-26(22)37-8-4-1-5-9-37/h10-18,34H,1-9H2,(H,33,38)(H,32,35,36). The third-order valence-corrected chi connectivity index (χ3v) is 7.96. The average Bonchev–Trinajstić information content (AvgIpc) is 3.73. The summed E-state index contributed by atoms with van der Waals surface area (Å²) in [4.78, 5) is 32.1. The van der Waals surface area contributed by atoms with Gasteiger partial charge in [-0.25, -0.2) is 4.98 Å². The molecule has 1 amide bonds. The van der Waals surface area contributed by atoms with Crippen molar-refractivity contribution in [1.29, 1.82) is 0 Å². The Labute approximate surface area is 220 Å². The number of fused-ring (bicyclic) bond motifs is 2. The number of nitrogens with zero attached hydrogens (tertiary/aromatic N) is 5. The summed E-state index contributed by atoms with van der Waals surface area (Å²) in [5.41, 5.74) is 7.14. The number of aromatic nitrogens is 6. The topological polar surface area (TPSA) is 115 Å². The Morgan fingerprint density at radius 2 is 1.68 bits per heavy atom. The molecule has 5 aromatic heterocycles. The SMILES string of the molecule is O=C(Nc1cncc(-c2cnc3[nH]nc(-c4cc5c(N6CCCCC6)cncc5[nH]4)c3c2)c1)C1CCCC1. The van der Waals surface area contributed by atoms with E-state index in [0.29, 0.717) is 5.69 Å². The summed E-state index contributed by atoms with van der Waals surface area (Å²) >= 11 is 0. The first-order chi connectivity index (χ1) is 18.7. The van der Waals surface area contributed by atoms with Crippen molar-refractivity contribution in [2.75, 3.05) is 23.3 Å². The zero-order valence-electron chi connectivity index (χ0n) is 21.2. The van der Waals surface area contributed by atoms with E-state index in [2.05, 4.69) is 52.5 Å². The number of rotatable bonds is 5. The van der Waals surface area contributed by atoms with Gasteiger partial charge in [0.25, 0.3) is 0 Å². The number of nitrogens with one attached hydrogen (secondary N) is 3. The van der Waals surface area contributed by atoms with E-state index in [4.69, 9.17) is 0 Å². The van der Waals surface area contributed by atoms with Crippen LogP contribution in [0.2, 0.25) is 0 Å². The molecule has 0 spiro atoms. The first kappa shape index (κ1) is 22.9. The van der Waals surface area contributed by atoms with E-state index >= 15 is 0 Å². The lowest BCUT2D eigenvalue weighted by Crippen LogP contribution is -2.29. The summed E-state index contributed by atoms with van der Waals surface area (Å²) in [6, 6.07) is 6.21. The number of pyridine rings is 3. The van der Waals surface area contributed by atoms with E-state index in [9.17, 15) is 4.79 Å². The molecule has 2 fully saturated rings. The van der Waals surface area contributed by atoms with E-state index in [1.54, 1.807) is 12.4 Å². The molecule has 5 aromatic rings. The summed E-state index contributed by atoms with van der Waals surface area (Å²) in [6.45, 7) is 2.13. The first-order valence-electron chi connectivity index (χ1n) is 13.6. The molecule has 1 saturated heterocycles. The summed E-state index contributed by atoms with van der Waals surface area (Å²) in [5, 5.41) is 12.8. The minimum absolute atomic E-state index is 0.0874. The smallest absolute Gasteiger partial charge is 0.227 e. The maximum absolute atomic E-state index is 12.6. The Balaban J connectivity index is 1.22. The van der Waals surface area contributed by atoms with Gasteiger partial charge < -0.3 is 15.2 Å². The van der Waals surface area contributed by atoms with Crippen molar-refractivity contribution >= 4 is 39.2 Å². The van der Waals surface area contributed by atoms with E-state index in [1.165, 1.54) is 24.9 Å². The molecule has 0 bridgehead atoms. The molecular weight excluding hydrogens is 476 g/mol. The molecule has 192 valence electrons. The van der Waals surface area contributed by atoms with Crippen LogP contribution >= 0.6 is 0 Å². The van der Waals surface area contributed by atoms with Crippen LogP contribution in [0.5, 0.6) is 0 Å². The molecule has 0 unspecified atom stereocenters. The van der Waals surface area contributed by atoms with Gasteiger partial charge in [-0.05, 0) is 50.3 Å². The van der Waals surface area contributed by atoms with Crippen LogP contribution in [0.15, 0.2) is 49.2 Å². The van der Waals surface area contributed by atoms with Gasteiger partial charge >= 0.3 is 0 Å². The predicted molar refractivity (Wildman–Crippen MR) is 149 cm³/mol. The molecule has 0 aromatic carbocycles. The van der Waals surface area contributed by atoms with Gasteiger partial charge in [0.15, 0.2) is 5.65 Å². The Kier molecular flexibility index (Phi) is 5.76. The second-order valence-corrected chi connectivity index (χ2v) is 10.5. The maximum Gasteiger partial charge on any atom is 0.227 e. The molecular formula is C29H30N8O. The Morgan fingerprint density at radius 3 is 2.55 bits per heavy atom. The molecule has 9 heteroatoms. The fraction of sp³-hybridized carbons (Fsp3) is 0.345. The second-order valence-electron chi connectivity index (χ2n) is 10.5. The maximum atomic E-state index is 12.6. The zero-order chi connectivity index (χ0) is 25.5. The van der Waals surface area contributed by atoms with E-state index < -0.39 is 0 Å². The first-order valence-corrected chi connectivity index (χ1v) is 13.6. The number of carbonyl (C=O) groups is 1. The highest BCUT2D eigenvalue weighted by Gasteiger charge is 2.23. The van der Waals surface area contributed by atoms with Crippen LogP contribution in [0.4, 0.5) is 11.4 Å². The molecule has 0 radical (unpaired) electrons. The van der Waals surface area contributed by atoms with Crippen molar-refractivity contribution in [3.63, 3.8) is 0 Å². The van der Waals surface area contributed by atoms with Crippen LogP contribution in [-0.2, 0) is 4.79 Å². The van der Waals surface area contributed by atoms with Crippen molar-refractivity contribution in [2.45, 2.75) is 44.9 Å². The zero-order valence-corrected chi connectivity index (χ0v) is 21.2. The molecule has 1 aliphatic carbocycles. The van der Waals surface area contributed by atoms with Crippen LogP contribution < -0.4 is 10.2 Å². The summed E-state index contributed by atoms with van der Waals surface area (Å²) in [7, 11) is 0. The van der Waals surface area contributed by atoms with E-state index in [0.717, 1.165) is 83.2 Å². The molecule has 0 atom stereocenters. The number of piperidine rings is 1. The van der Waals surface area contributed by atoms with E-state index in [1.807, 2.05) is 24.7 Å². The van der Waals surface area contributed by atoms with Crippen molar-refractivity contribution in [3.05, 3.63) is 49.2 Å². The van der Waals surface area contributed by atoms with Crippen molar-refractivity contribution in [2.24, 2.45) is 5.92 Å². The largest absolute Gasteiger partial charge is 0.370 e. The minimum atomic E-state index is 0.0874. The Morgan fingerprint density at radius 1 is 0.868 bits per heavy atom. The van der Waals surface area contributed by atoms with Crippen LogP contribution in [0, 0.1) is 5.92 Å². The number of hydrogen-bond acceptors (Lipinski definition) is 6. The Hall–Kier alpha value is -4.27. The normalized spacial score (nSPS) is 16.5. The van der Waals surface area contributed by atoms with Gasteiger partial charge in [-0.15, -0.1) is 0 Å². The van der Waals surface area contributed by atoms with Crippen molar-refractivity contribution in [3.8, 4) is 22.5 Å². The second kappa shape index (κ2) is 9.55. The van der Waals surface area contributed by atoms with E-state index in [-0.39, 0.29) is 11.8 Å². The summed E-state index contributed by atoms with van der Waals surface area (Å²) in [6.07, 6.45) is 17.1. The monoisotopic (exact) mass is 506 g/mol.